The molecule has 9 nitrogen and oxygen atoms in total. The van der Waals surface area contributed by atoms with Crippen LogP contribution in [0.5, 0.6) is 0 Å². The minimum atomic E-state index is -0.382. The van der Waals surface area contributed by atoms with Crippen molar-refractivity contribution in [2.24, 2.45) is 0 Å². The van der Waals surface area contributed by atoms with Crippen molar-refractivity contribution in [2.45, 2.75) is 48.9 Å². The zero-order chi connectivity index (χ0) is 20.9. The predicted octanol–water partition coefficient (Wildman–Crippen LogP) is 1.16. The van der Waals surface area contributed by atoms with Crippen LogP contribution in [0.25, 0.3) is 0 Å². The number of carbonyl (C=O) groups excluding carboxylic acids is 3. The number of fused-ring (bicyclic) bond motifs is 1. The molecular formula is C19H29N5O4S. The summed E-state index contributed by atoms with van der Waals surface area (Å²) in [6, 6.07) is 7.90. The van der Waals surface area contributed by atoms with E-state index in [2.05, 4.69) is 21.3 Å². The van der Waals surface area contributed by atoms with E-state index in [1.165, 1.54) is 0 Å². The number of carbonyl (C=O) groups is 3. The molecule has 0 saturated carbocycles. The highest BCUT2D eigenvalue weighted by molar-refractivity contribution is 8.00. The summed E-state index contributed by atoms with van der Waals surface area (Å²) in [5.74, 6) is -0.509. The van der Waals surface area contributed by atoms with Crippen LogP contribution in [0.2, 0.25) is 0 Å². The highest BCUT2D eigenvalue weighted by Gasteiger charge is 2.21. The minimum absolute atomic E-state index is 0.0197. The molecule has 0 spiro atoms. The quantitative estimate of drug-likeness (QED) is 0.159. The third kappa shape index (κ3) is 9.16. The van der Waals surface area contributed by atoms with E-state index in [1.807, 2.05) is 24.3 Å². The van der Waals surface area contributed by atoms with Crippen LogP contribution < -0.4 is 26.7 Å². The maximum absolute atomic E-state index is 12.0. The molecule has 1 aromatic rings. The second kappa shape index (κ2) is 13.0. The number of benzene rings is 1. The molecule has 10 heteroatoms. The number of hydrogen-bond donors (Lipinski definition) is 6. The SMILES string of the molecule is O=C(CCCCCCC(=O)NCCNCC(=O)NC1Nc2ccccc2S1)NO. The normalized spacial score (nSPS) is 14.6. The summed E-state index contributed by atoms with van der Waals surface area (Å²) in [5, 5.41) is 20.3. The van der Waals surface area contributed by atoms with Gasteiger partial charge in [-0.25, -0.2) is 5.48 Å². The molecule has 29 heavy (non-hydrogen) atoms. The molecule has 0 aliphatic carbocycles. The maximum atomic E-state index is 12.0. The Kier molecular flexibility index (Phi) is 10.3. The zero-order valence-corrected chi connectivity index (χ0v) is 17.1. The Morgan fingerprint density at radius 1 is 0.966 bits per heavy atom. The van der Waals surface area contributed by atoms with Crippen molar-refractivity contribution in [1.29, 1.82) is 0 Å². The van der Waals surface area contributed by atoms with Crippen molar-refractivity contribution in [3.63, 3.8) is 0 Å². The summed E-state index contributed by atoms with van der Waals surface area (Å²) in [6.45, 7) is 1.16. The van der Waals surface area contributed by atoms with Gasteiger partial charge in [0.25, 0.3) is 0 Å². The molecule has 2 rings (SSSR count). The van der Waals surface area contributed by atoms with Gasteiger partial charge in [0.2, 0.25) is 17.7 Å². The molecule has 1 aliphatic heterocycles. The topological polar surface area (TPSA) is 132 Å². The minimum Gasteiger partial charge on any atom is -0.356 e. The molecule has 0 bridgehead atoms. The van der Waals surface area contributed by atoms with Gasteiger partial charge in [-0.2, -0.15) is 0 Å². The van der Waals surface area contributed by atoms with Crippen molar-refractivity contribution in [1.82, 2.24) is 21.4 Å². The molecular weight excluding hydrogens is 394 g/mol. The molecule has 0 radical (unpaired) electrons. The van der Waals surface area contributed by atoms with Gasteiger partial charge in [-0.1, -0.05) is 36.7 Å². The lowest BCUT2D eigenvalue weighted by molar-refractivity contribution is -0.129. The number of amides is 3. The highest BCUT2D eigenvalue weighted by Crippen LogP contribution is 2.36. The van der Waals surface area contributed by atoms with Crippen LogP contribution in [0.15, 0.2) is 29.2 Å². The second-order valence-electron chi connectivity index (χ2n) is 6.68. The average Bonchev–Trinajstić information content (AvgIpc) is 3.12. The van der Waals surface area contributed by atoms with Gasteiger partial charge in [-0.3, -0.25) is 19.6 Å². The summed E-state index contributed by atoms with van der Waals surface area (Å²) in [7, 11) is 0. The number of unbranched alkanes of at least 4 members (excludes halogenated alkanes) is 3. The van der Waals surface area contributed by atoms with Crippen molar-refractivity contribution >= 4 is 35.2 Å². The fourth-order valence-electron chi connectivity index (χ4n) is 2.81. The van der Waals surface area contributed by atoms with E-state index in [1.54, 1.807) is 17.2 Å². The molecule has 6 N–H and O–H groups in total. The molecule has 1 atom stereocenters. The van der Waals surface area contributed by atoms with E-state index >= 15 is 0 Å². The van der Waals surface area contributed by atoms with Crippen molar-refractivity contribution in [2.75, 3.05) is 25.0 Å². The number of nitrogens with one attached hydrogen (secondary N) is 5. The number of hydroxylamine groups is 1. The lowest BCUT2D eigenvalue weighted by Gasteiger charge is -2.13. The molecule has 3 amide bonds. The van der Waals surface area contributed by atoms with E-state index in [-0.39, 0.29) is 29.8 Å². The second-order valence-corrected chi connectivity index (χ2v) is 7.83. The fraction of sp³-hybridized carbons (Fsp3) is 0.526. The van der Waals surface area contributed by atoms with Crippen LogP contribution in [-0.4, -0.2) is 48.1 Å². The van der Waals surface area contributed by atoms with Gasteiger partial charge in [0.05, 0.1) is 12.2 Å². The third-order valence-corrected chi connectivity index (χ3v) is 5.38. The van der Waals surface area contributed by atoms with Crippen molar-refractivity contribution in [3.05, 3.63) is 24.3 Å². The first kappa shape index (κ1) is 23.0. The maximum Gasteiger partial charge on any atom is 0.243 e. The van der Waals surface area contributed by atoms with Gasteiger partial charge < -0.3 is 21.3 Å². The number of para-hydroxylation sites is 1. The van der Waals surface area contributed by atoms with Crippen molar-refractivity contribution < 1.29 is 19.6 Å². The number of rotatable bonds is 13. The van der Waals surface area contributed by atoms with Gasteiger partial charge in [0.15, 0.2) is 5.50 Å². The van der Waals surface area contributed by atoms with Crippen LogP contribution in [-0.2, 0) is 14.4 Å². The first-order chi connectivity index (χ1) is 14.1. The zero-order valence-electron chi connectivity index (χ0n) is 16.3. The Labute approximate surface area is 174 Å². The van der Waals surface area contributed by atoms with E-state index in [9.17, 15) is 14.4 Å². The van der Waals surface area contributed by atoms with E-state index < -0.39 is 0 Å². The number of anilines is 1. The van der Waals surface area contributed by atoms with Gasteiger partial charge in [-0.15, -0.1) is 0 Å². The lowest BCUT2D eigenvalue weighted by Crippen LogP contribution is -2.42. The summed E-state index contributed by atoms with van der Waals surface area (Å²) >= 11 is 1.57. The van der Waals surface area contributed by atoms with E-state index in [0.717, 1.165) is 29.8 Å². The molecule has 1 heterocycles. The lowest BCUT2D eigenvalue weighted by atomic mass is 10.1. The Balaban J connectivity index is 1.42. The molecule has 1 unspecified atom stereocenters. The van der Waals surface area contributed by atoms with Gasteiger partial charge in [0, 0.05) is 30.8 Å². The smallest absolute Gasteiger partial charge is 0.243 e. The average molecular weight is 424 g/mol. The Hall–Kier alpha value is -2.30. The third-order valence-electron chi connectivity index (χ3n) is 4.30. The van der Waals surface area contributed by atoms with Crippen molar-refractivity contribution in [3.8, 4) is 0 Å². The highest BCUT2D eigenvalue weighted by atomic mass is 32.2. The molecule has 160 valence electrons. The monoisotopic (exact) mass is 423 g/mol. The van der Waals surface area contributed by atoms with Gasteiger partial charge in [0.1, 0.15) is 0 Å². The van der Waals surface area contributed by atoms with Gasteiger partial charge >= 0.3 is 0 Å². The summed E-state index contributed by atoms with van der Waals surface area (Å²) in [6.07, 6.45) is 3.90. The van der Waals surface area contributed by atoms with E-state index in [4.69, 9.17) is 5.21 Å². The van der Waals surface area contributed by atoms with Crippen LogP contribution >= 0.6 is 11.8 Å². The largest absolute Gasteiger partial charge is 0.356 e. The van der Waals surface area contributed by atoms with Crippen LogP contribution in [0.4, 0.5) is 5.69 Å². The summed E-state index contributed by atoms with van der Waals surface area (Å²) in [4.78, 5) is 35.7. The molecule has 1 aliphatic rings. The molecule has 0 fully saturated rings. The Morgan fingerprint density at radius 2 is 1.69 bits per heavy atom. The van der Waals surface area contributed by atoms with Crippen LogP contribution in [0, 0.1) is 0 Å². The standard InChI is InChI=1S/C19H29N5O4S/c25-16(9-3-1-2-4-10-17(26)24-28)21-12-11-20-13-18(27)23-19-22-14-7-5-6-8-15(14)29-19/h5-8,19-20,22,28H,1-4,9-13H2,(H,21,25)(H,23,27)(H,24,26). The number of hydrogen-bond acceptors (Lipinski definition) is 7. The fourth-order valence-corrected chi connectivity index (χ4v) is 3.85. The summed E-state index contributed by atoms with van der Waals surface area (Å²) < 4.78 is 0. The molecule has 0 saturated heterocycles. The van der Waals surface area contributed by atoms with Gasteiger partial charge in [-0.05, 0) is 25.0 Å². The van der Waals surface area contributed by atoms with Crippen LogP contribution in [0.1, 0.15) is 38.5 Å². The Bertz CT molecular complexity index is 663. The predicted molar refractivity (Wildman–Crippen MR) is 111 cm³/mol. The molecule has 0 aromatic heterocycles. The molecule has 1 aromatic carbocycles. The number of thioether (sulfide) groups is 1. The van der Waals surface area contributed by atoms with Crippen LogP contribution in [0.3, 0.4) is 0 Å². The summed E-state index contributed by atoms with van der Waals surface area (Å²) in [5.41, 5.74) is 2.45. The first-order valence-electron chi connectivity index (χ1n) is 9.80. The first-order valence-corrected chi connectivity index (χ1v) is 10.7. The Morgan fingerprint density at radius 3 is 2.41 bits per heavy atom. The van der Waals surface area contributed by atoms with E-state index in [0.29, 0.717) is 32.4 Å².